The largest absolute Gasteiger partial charge is 0.351 e. The first-order valence-corrected chi connectivity index (χ1v) is 9.35. The summed E-state index contributed by atoms with van der Waals surface area (Å²) in [5, 5.41) is 7.58. The molecule has 2 aromatic heterocycles. The highest BCUT2D eigenvalue weighted by Gasteiger charge is 2.28. The molecule has 1 amide bonds. The average molecular weight is 341 g/mol. The molecular weight excluding hydrogens is 314 g/mol. The summed E-state index contributed by atoms with van der Waals surface area (Å²) in [6.45, 7) is 3.91. The van der Waals surface area contributed by atoms with E-state index in [-0.39, 0.29) is 5.91 Å². The Bertz CT molecular complexity index is 730. The van der Waals surface area contributed by atoms with Gasteiger partial charge in [0.2, 0.25) is 0 Å². The Morgan fingerprint density at radius 2 is 2.24 bits per heavy atom. The van der Waals surface area contributed by atoms with Crippen LogP contribution < -0.4 is 5.32 Å². The zero-order chi connectivity index (χ0) is 17.2. The number of amides is 1. The quantitative estimate of drug-likeness (QED) is 0.876. The van der Waals surface area contributed by atoms with E-state index in [2.05, 4.69) is 26.1 Å². The highest BCUT2D eigenvalue weighted by molar-refractivity contribution is 5.92. The monoisotopic (exact) mass is 341 g/mol. The van der Waals surface area contributed by atoms with E-state index in [1.165, 1.54) is 31.5 Å². The summed E-state index contributed by atoms with van der Waals surface area (Å²) in [7, 11) is 1.89. The molecule has 4 rings (SSSR count). The van der Waals surface area contributed by atoms with Crippen LogP contribution in [0.25, 0.3) is 0 Å². The summed E-state index contributed by atoms with van der Waals surface area (Å²) < 4.78 is 4.01. The molecule has 1 N–H and O–H groups in total. The Hall–Kier alpha value is -2.08. The fourth-order valence-electron chi connectivity index (χ4n) is 4.00. The van der Waals surface area contributed by atoms with Gasteiger partial charge in [-0.1, -0.05) is 6.42 Å². The lowest BCUT2D eigenvalue weighted by Crippen LogP contribution is -2.42. The SMILES string of the molecule is Cn1cccc1C(=O)NCCC1CN(CC2CCC2)Cc2ccnn21. The maximum Gasteiger partial charge on any atom is 0.267 e. The van der Waals surface area contributed by atoms with Crippen molar-refractivity contribution in [2.24, 2.45) is 13.0 Å². The highest BCUT2D eigenvalue weighted by atomic mass is 16.1. The Morgan fingerprint density at radius 1 is 1.36 bits per heavy atom. The number of hydrogen-bond donors (Lipinski definition) is 1. The molecule has 6 heteroatoms. The highest BCUT2D eigenvalue weighted by Crippen LogP contribution is 2.30. The van der Waals surface area contributed by atoms with Gasteiger partial charge in [0.15, 0.2) is 0 Å². The van der Waals surface area contributed by atoms with Gasteiger partial charge in [0.05, 0.1) is 11.7 Å². The van der Waals surface area contributed by atoms with Crippen LogP contribution in [0.15, 0.2) is 30.6 Å². The zero-order valence-corrected chi connectivity index (χ0v) is 14.9. The topological polar surface area (TPSA) is 55.1 Å². The van der Waals surface area contributed by atoms with E-state index in [0.29, 0.717) is 18.3 Å². The summed E-state index contributed by atoms with van der Waals surface area (Å²) in [6, 6.07) is 6.21. The number of rotatable bonds is 6. The first kappa shape index (κ1) is 16.4. The third kappa shape index (κ3) is 3.49. The number of fused-ring (bicyclic) bond motifs is 1. The van der Waals surface area contributed by atoms with Gasteiger partial charge in [0.1, 0.15) is 5.69 Å². The van der Waals surface area contributed by atoms with Crippen LogP contribution in [0.5, 0.6) is 0 Å². The van der Waals surface area contributed by atoms with Crippen LogP contribution >= 0.6 is 0 Å². The van der Waals surface area contributed by atoms with Gasteiger partial charge in [-0.2, -0.15) is 5.10 Å². The molecule has 1 fully saturated rings. The molecule has 0 saturated heterocycles. The number of aromatic nitrogens is 3. The Kier molecular flexibility index (Phi) is 4.61. The molecule has 0 aromatic carbocycles. The molecule has 1 saturated carbocycles. The van der Waals surface area contributed by atoms with Crippen molar-refractivity contribution in [3.63, 3.8) is 0 Å². The summed E-state index contributed by atoms with van der Waals surface area (Å²) in [5.74, 6) is 0.877. The maximum absolute atomic E-state index is 12.3. The molecule has 1 unspecified atom stereocenters. The number of carbonyl (C=O) groups is 1. The van der Waals surface area contributed by atoms with Crippen LogP contribution in [0.3, 0.4) is 0 Å². The molecule has 134 valence electrons. The van der Waals surface area contributed by atoms with Crippen molar-refractivity contribution < 1.29 is 4.79 Å². The summed E-state index contributed by atoms with van der Waals surface area (Å²) in [6.07, 6.45) is 8.86. The summed E-state index contributed by atoms with van der Waals surface area (Å²) >= 11 is 0. The number of nitrogens with one attached hydrogen (secondary N) is 1. The maximum atomic E-state index is 12.3. The van der Waals surface area contributed by atoms with Crippen molar-refractivity contribution in [3.05, 3.63) is 42.0 Å². The van der Waals surface area contributed by atoms with Crippen LogP contribution in [0.4, 0.5) is 0 Å². The first-order chi connectivity index (χ1) is 12.2. The Morgan fingerprint density at radius 3 is 2.96 bits per heavy atom. The van der Waals surface area contributed by atoms with Crippen LogP contribution in [0.2, 0.25) is 0 Å². The standard InChI is InChI=1S/C19H27N5O/c1-22-11-3-6-18(22)19(25)20-9-7-16-13-23(12-15-4-2-5-15)14-17-8-10-21-24(16)17/h3,6,8,10-11,15-16H,2,4-5,7,9,12-14H2,1H3,(H,20,25). The number of hydrogen-bond acceptors (Lipinski definition) is 3. The third-order valence-corrected chi connectivity index (χ3v) is 5.63. The van der Waals surface area contributed by atoms with E-state index in [0.717, 1.165) is 25.4 Å². The average Bonchev–Trinajstić information content (AvgIpc) is 3.19. The normalized spacial score (nSPS) is 20.9. The van der Waals surface area contributed by atoms with E-state index in [1.807, 2.05) is 36.1 Å². The number of nitrogens with zero attached hydrogens (tertiary/aromatic N) is 4. The van der Waals surface area contributed by atoms with Gasteiger partial charge >= 0.3 is 0 Å². The minimum absolute atomic E-state index is 0.00433. The zero-order valence-electron chi connectivity index (χ0n) is 14.9. The van der Waals surface area contributed by atoms with Crippen molar-refractivity contribution >= 4 is 5.91 Å². The van der Waals surface area contributed by atoms with Crippen molar-refractivity contribution in [1.29, 1.82) is 0 Å². The fourth-order valence-corrected chi connectivity index (χ4v) is 4.00. The van der Waals surface area contributed by atoms with E-state index < -0.39 is 0 Å². The summed E-state index contributed by atoms with van der Waals surface area (Å²) in [5.41, 5.74) is 2.00. The molecule has 0 radical (unpaired) electrons. The second-order valence-electron chi connectivity index (χ2n) is 7.46. The second-order valence-corrected chi connectivity index (χ2v) is 7.46. The van der Waals surface area contributed by atoms with Crippen molar-refractivity contribution in [3.8, 4) is 0 Å². The lowest BCUT2D eigenvalue weighted by Gasteiger charge is -2.38. The lowest BCUT2D eigenvalue weighted by atomic mass is 9.85. The smallest absolute Gasteiger partial charge is 0.267 e. The minimum atomic E-state index is -0.00433. The fraction of sp³-hybridized carbons (Fsp3) is 0.579. The Balaban J connectivity index is 1.34. The van der Waals surface area contributed by atoms with Gasteiger partial charge in [-0.25, -0.2) is 0 Å². The van der Waals surface area contributed by atoms with Crippen LogP contribution in [0.1, 0.15) is 47.9 Å². The van der Waals surface area contributed by atoms with Gasteiger partial charge < -0.3 is 9.88 Å². The van der Waals surface area contributed by atoms with Crippen molar-refractivity contribution in [2.45, 2.75) is 38.3 Å². The Labute approximate surface area is 148 Å². The van der Waals surface area contributed by atoms with E-state index in [1.54, 1.807) is 0 Å². The van der Waals surface area contributed by atoms with Crippen LogP contribution in [0, 0.1) is 5.92 Å². The minimum Gasteiger partial charge on any atom is -0.351 e. The van der Waals surface area contributed by atoms with E-state index in [9.17, 15) is 4.79 Å². The molecule has 3 heterocycles. The van der Waals surface area contributed by atoms with Crippen molar-refractivity contribution in [2.75, 3.05) is 19.6 Å². The number of aryl methyl sites for hydroxylation is 1. The molecule has 6 nitrogen and oxygen atoms in total. The van der Waals surface area contributed by atoms with Crippen LogP contribution in [-0.2, 0) is 13.6 Å². The lowest BCUT2D eigenvalue weighted by molar-refractivity contribution is 0.0934. The molecule has 0 spiro atoms. The predicted octanol–water partition coefficient (Wildman–Crippen LogP) is 2.20. The van der Waals surface area contributed by atoms with Crippen molar-refractivity contribution in [1.82, 2.24) is 24.6 Å². The molecule has 1 atom stereocenters. The van der Waals surface area contributed by atoms with Crippen LogP contribution in [-0.4, -0.2) is 44.8 Å². The molecule has 1 aliphatic heterocycles. The molecule has 1 aliphatic carbocycles. The molecule has 2 aliphatic rings. The number of carbonyl (C=O) groups excluding carboxylic acids is 1. The molecule has 25 heavy (non-hydrogen) atoms. The first-order valence-electron chi connectivity index (χ1n) is 9.35. The molecule has 2 aromatic rings. The van der Waals surface area contributed by atoms with E-state index >= 15 is 0 Å². The molecule has 0 bridgehead atoms. The van der Waals surface area contributed by atoms with E-state index in [4.69, 9.17) is 0 Å². The van der Waals surface area contributed by atoms with Gasteiger partial charge in [0, 0.05) is 45.6 Å². The van der Waals surface area contributed by atoms with Gasteiger partial charge in [0.25, 0.3) is 5.91 Å². The second kappa shape index (κ2) is 7.04. The summed E-state index contributed by atoms with van der Waals surface area (Å²) in [4.78, 5) is 14.8. The third-order valence-electron chi connectivity index (χ3n) is 5.63. The molecular formula is C19H27N5O. The van der Waals surface area contributed by atoms with Gasteiger partial charge in [-0.05, 0) is 43.4 Å². The predicted molar refractivity (Wildman–Crippen MR) is 96.2 cm³/mol. The van der Waals surface area contributed by atoms with Gasteiger partial charge in [-0.3, -0.25) is 14.4 Å². The van der Waals surface area contributed by atoms with Gasteiger partial charge in [-0.15, -0.1) is 0 Å².